The van der Waals surface area contributed by atoms with Crippen molar-refractivity contribution in [2.45, 2.75) is 64.6 Å². The molecule has 0 atom stereocenters. The summed E-state index contributed by atoms with van der Waals surface area (Å²) in [6, 6.07) is 19.9. The zero-order chi connectivity index (χ0) is 38.6. The van der Waals surface area contributed by atoms with Crippen LogP contribution in [0.3, 0.4) is 0 Å². The number of anilines is 1. The van der Waals surface area contributed by atoms with Crippen LogP contribution >= 0.6 is 0 Å². The molecule has 14 heteroatoms. The molecule has 1 aliphatic rings. The first kappa shape index (κ1) is 37.6. The number of carbonyl (C=O) groups excluding carboxylic acids is 3. The molecular formula is C40H42FN5O8. The lowest BCUT2D eigenvalue weighted by Crippen LogP contribution is -2.37. The summed E-state index contributed by atoms with van der Waals surface area (Å²) in [6.45, 7) is 6.99. The first-order valence-corrected chi connectivity index (χ1v) is 17.5. The van der Waals surface area contributed by atoms with Gasteiger partial charge in [-0.2, -0.15) is 0 Å². The number of alkyl carbamates (subject to hydrolysis) is 1. The number of fused-ring (bicyclic) bond motifs is 1. The van der Waals surface area contributed by atoms with Crippen LogP contribution in [0.4, 0.5) is 14.9 Å². The van der Waals surface area contributed by atoms with Crippen LogP contribution in [0.15, 0.2) is 83.8 Å². The average molecular weight is 740 g/mol. The Bertz CT molecular complexity index is 2260. The van der Waals surface area contributed by atoms with Crippen molar-refractivity contribution in [3.05, 3.63) is 106 Å². The van der Waals surface area contributed by atoms with E-state index in [9.17, 15) is 19.2 Å². The lowest BCUT2D eigenvalue weighted by Gasteiger charge is -2.20. The van der Waals surface area contributed by atoms with E-state index in [1.54, 1.807) is 94.2 Å². The van der Waals surface area contributed by atoms with Gasteiger partial charge in [-0.15, -0.1) is 0 Å². The largest absolute Gasteiger partial charge is 0.494 e. The van der Waals surface area contributed by atoms with Gasteiger partial charge < -0.3 is 29.6 Å². The monoisotopic (exact) mass is 739 g/mol. The van der Waals surface area contributed by atoms with Crippen molar-refractivity contribution in [1.29, 1.82) is 0 Å². The highest BCUT2D eigenvalue weighted by atomic mass is 19.1. The number of pyridine rings is 1. The lowest BCUT2D eigenvalue weighted by molar-refractivity contribution is -0.150. The minimum atomic E-state index is -0.720. The van der Waals surface area contributed by atoms with Crippen LogP contribution in [0.5, 0.6) is 17.2 Å². The van der Waals surface area contributed by atoms with Gasteiger partial charge in [-0.3, -0.25) is 24.0 Å². The number of nitrogens with one attached hydrogen (secondary N) is 2. The van der Waals surface area contributed by atoms with Crippen molar-refractivity contribution in [3.63, 3.8) is 0 Å². The molecular weight excluding hydrogens is 697 g/mol. The van der Waals surface area contributed by atoms with E-state index in [-0.39, 0.29) is 23.5 Å². The molecule has 3 aromatic carbocycles. The van der Waals surface area contributed by atoms with Gasteiger partial charge in [0.05, 0.1) is 23.5 Å². The van der Waals surface area contributed by atoms with Gasteiger partial charge in [-0.05, 0) is 95.8 Å². The standard InChI is InChI=1S/C40H42FN5O8/c1-25-35(37(49)46(45(25)5)27-10-7-6-8-11-27)36(48)44-26-12-15-33(30(41)22-26)52-32-16-20-42-31-23-28(13-14-29(31)32)51-21-9-17-40(18-19-40)53-34(47)24-43-38(50)54-39(2,3)4/h6-8,10-16,20,22-23H,9,17-19,21,24H2,1-5H3,(H,43,50)(H,44,48). The van der Waals surface area contributed by atoms with Crippen molar-refractivity contribution in [2.75, 3.05) is 18.5 Å². The quantitative estimate of drug-likeness (QED) is 0.0963. The first-order chi connectivity index (χ1) is 25.7. The summed E-state index contributed by atoms with van der Waals surface area (Å²) in [7, 11) is 1.69. The van der Waals surface area contributed by atoms with Crippen molar-refractivity contribution in [1.82, 2.24) is 19.7 Å². The second-order valence-electron chi connectivity index (χ2n) is 14.1. The van der Waals surface area contributed by atoms with Gasteiger partial charge in [-0.1, -0.05) is 18.2 Å². The van der Waals surface area contributed by atoms with Gasteiger partial charge in [0.25, 0.3) is 11.5 Å². The normalized spacial score (nSPS) is 13.2. The third kappa shape index (κ3) is 8.88. The van der Waals surface area contributed by atoms with Gasteiger partial charge in [0.1, 0.15) is 34.8 Å². The Hall–Kier alpha value is -6.18. The Morgan fingerprint density at radius 1 is 0.981 bits per heavy atom. The molecule has 2 N–H and O–H groups in total. The van der Waals surface area contributed by atoms with Gasteiger partial charge in [-0.25, -0.2) is 13.9 Å². The van der Waals surface area contributed by atoms with Crippen molar-refractivity contribution < 1.29 is 37.7 Å². The molecule has 13 nitrogen and oxygen atoms in total. The Morgan fingerprint density at radius 2 is 1.74 bits per heavy atom. The molecule has 0 spiro atoms. The number of nitrogens with zero attached hydrogens (tertiary/aromatic N) is 3. The molecule has 1 aliphatic carbocycles. The fourth-order valence-corrected chi connectivity index (χ4v) is 5.95. The minimum Gasteiger partial charge on any atom is -0.494 e. The van der Waals surface area contributed by atoms with E-state index in [0.717, 1.165) is 18.9 Å². The molecule has 1 fully saturated rings. The second kappa shape index (κ2) is 15.4. The number of para-hydroxylation sites is 1. The van der Waals surface area contributed by atoms with Gasteiger partial charge >= 0.3 is 12.1 Å². The Labute approximate surface area is 311 Å². The third-order valence-electron chi connectivity index (χ3n) is 8.82. The topological polar surface area (TPSA) is 152 Å². The molecule has 282 valence electrons. The Balaban J connectivity index is 1.02. The number of halogens is 1. The summed E-state index contributed by atoms with van der Waals surface area (Å²) in [4.78, 5) is 55.0. The molecule has 6 rings (SSSR count). The molecule has 2 heterocycles. The number of hydrogen-bond donors (Lipinski definition) is 2. The Kier molecular flexibility index (Phi) is 10.7. The fraction of sp³-hybridized carbons (Fsp3) is 0.325. The molecule has 54 heavy (non-hydrogen) atoms. The molecule has 0 aliphatic heterocycles. The highest BCUT2D eigenvalue weighted by Crippen LogP contribution is 2.43. The van der Waals surface area contributed by atoms with Crippen LogP contribution in [0, 0.1) is 12.7 Å². The number of esters is 1. The van der Waals surface area contributed by atoms with Crippen LogP contribution < -0.4 is 25.7 Å². The molecule has 0 bridgehead atoms. The second-order valence-corrected chi connectivity index (χ2v) is 14.1. The smallest absolute Gasteiger partial charge is 0.408 e. The lowest BCUT2D eigenvalue weighted by atomic mass is 10.1. The predicted molar refractivity (Wildman–Crippen MR) is 199 cm³/mol. The van der Waals surface area contributed by atoms with Crippen LogP contribution in [0.1, 0.15) is 62.5 Å². The van der Waals surface area contributed by atoms with Crippen LogP contribution in [0.2, 0.25) is 0 Å². The molecule has 0 unspecified atom stereocenters. The van der Waals surface area contributed by atoms with E-state index in [2.05, 4.69) is 15.6 Å². The minimum absolute atomic E-state index is 0.0485. The van der Waals surface area contributed by atoms with E-state index < -0.39 is 40.5 Å². The van der Waals surface area contributed by atoms with Crippen molar-refractivity contribution in [3.8, 4) is 22.9 Å². The molecule has 2 aromatic heterocycles. The molecule has 5 aromatic rings. The molecule has 0 saturated heterocycles. The number of benzene rings is 3. The highest BCUT2D eigenvalue weighted by Gasteiger charge is 2.46. The van der Waals surface area contributed by atoms with Crippen LogP contribution in [-0.2, 0) is 21.3 Å². The van der Waals surface area contributed by atoms with Crippen molar-refractivity contribution >= 4 is 34.6 Å². The molecule has 0 radical (unpaired) electrons. The van der Waals surface area contributed by atoms with Crippen LogP contribution in [0.25, 0.3) is 16.6 Å². The van der Waals surface area contributed by atoms with E-state index in [1.807, 2.05) is 6.07 Å². The van der Waals surface area contributed by atoms with E-state index >= 15 is 4.39 Å². The average Bonchev–Trinajstić information content (AvgIpc) is 3.84. The number of rotatable bonds is 13. The number of amides is 2. The van der Waals surface area contributed by atoms with Gasteiger partial charge in [0, 0.05) is 36.5 Å². The van der Waals surface area contributed by atoms with Gasteiger partial charge in [0.15, 0.2) is 11.6 Å². The van der Waals surface area contributed by atoms with Crippen LogP contribution in [-0.4, -0.2) is 56.7 Å². The third-order valence-corrected chi connectivity index (χ3v) is 8.82. The number of aromatic nitrogens is 3. The summed E-state index contributed by atoms with van der Waals surface area (Å²) in [5, 5.41) is 5.67. The van der Waals surface area contributed by atoms with Crippen molar-refractivity contribution in [2.24, 2.45) is 7.05 Å². The summed E-state index contributed by atoms with van der Waals surface area (Å²) in [5.74, 6) is -1.03. The maximum Gasteiger partial charge on any atom is 0.408 e. The number of ether oxygens (including phenoxy) is 4. The van der Waals surface area contributed by atoms with E-state index in [0.29, 0.717) is 53.2 Å². The Morgan fingerprint density at radius 3 is 2.44 bits per heavy atom. The van der Waals surface area contributed by atoms with Gasteiger partial charge in [0.2, 0.25) is 0 Å². The zero-order valence-corrected chi connectivity index (χ0v) is 30.7. The van der Waals surface area contributed by atoms with E-state index in [4.69, 9.17) is 18.9 Å². The predicted octanol–water partition coefficient (Wildman–Crippen LogP) is 6.98. The number of hydrogen-bond acceptors (Lipinski definition) is 9. The zero-order valence-electron chi connectivity index (χ0n) is 30.7. The first-order valence-electron chi connectivity index (χ1n) is 17.5. The number of carbonyl (C=O) groups is 3. The highest BCUT2D eigenvalue weighted by molar-refractivity contribution is 6.05. The summed E-state index contributed by atoms with van der Waals surface area (Å²) in [6.07, 6.45) is 3.60. The maximum atomic E-state index is 15.3. The summed E-state index contributed by atoms with van der Waals surface area (Å²) < 4.78 is 41.0. The molecule has 1 saturated carbocycles. The molecule has 2 amide bonds. The SMILES string of the molecule is Cc1c(C(=O)Nc2ccc(Oc3ccnc4cc(OCCCC5(OC(=O)CNC(=O)OC(C)(C)C)CC5)ccc34)c(F)c2)c(=O)n(-c2ccccc2)n1C. The fourth-order valence-electron chi connectivity index (χ4n) is 5.95. The maximum absolute atomic E-state index is 15.3. The summed E-state index contributed by atoms with van der Waals surface area (Å²) >= 11 is 0. The summed E-state index contributed by atoms with van der Waals surface area (Å²) in [5.41, 5.74) is 0.0417. The van der Waals surface area contributed by atoms with E-state index in [1.165, 1.54) is 16.8 Å².